The second kappa shape index (κ2) is 5.86. The van der Waals surface area contributed by atoms with Gasteiger partial charge < -0.3 is 4.42 Å². The van der Waals surface area contributed by atoms with Gasteiger partial charge in [-0.2, -0.15) is 0 Å². The number of piperidine rings is 1. The van der Waals surface area contributed by atoms with Crippen LogP contribution in [-0.2, 0) is 10.0 Å². The molecule has 1 N–H and O–H groups in total. The summed E-state index contributed by atoms with van der Waals surface area (Å²) in [7, 11) is -3.17. The summed E-state index contributed by atoms with van der Waals surface area (Å²) in [5.41, 5.74) is 0. The molecule has 1 aliphatic rings. The molecule has 1 atom stereocenters. The molecular weight excluding hydrogens is 252 g/mol. The van der Waals surface area contributed by atoms with Crippen molar-refractivity contribution < 1.29 is 12.8 Å². The van der Waals surface area contributed by atoms with Crippen molar-refractivity contribution in [3.05, 3.63) is 24.2 Å². The molecule has 1 fully saturated rings. The summed E-state index contributed by atoms with van der Waals surface area (Å²) in [6.07, 6.45) is 6.39. The van der Waals surface area contributed by atoms with E-state index in [0.717, 1.165) is 31.7 Å². The van der Waals surface area contributed by atoms with Gasteiger partial charge in [-0.1, -0.05) is 6.42 Å². The van der Waals surface area contributed by atoms with E-state index >= 15 is 0 Å². The predicted molar refractivity (Wildman–Crippen MR) is 69.7 cm³/mol. The van der Waals surface area contributed by atoms with Gasteiger partial charge in [0.1, 0.15) is 5.76 Å². The Morgan fingerprint density at radius 3 is 2.67 bits per heavy atom. The van der Waals surface area contributed by atoms with Gasteiger partial charge in [0, 0.05) is 6.54 Å². The maximum atomic E-state index is 11.2. The normalized spacial score (nSPS) is 19.8. The highest BCUT2D eigenvalue weighted by Crippen LogP contribution is 2.24. The van der Waals surface area contributed by atoms with Crippen LogP contribution in [0.15, 0.2) is 22.8 Å². The van der Waals surface area contributed by atoms with Crippen LogP contribution >= 0.6 is 0 Å². The zero-order valence-corrected chi connectivity index (χ0v) is 11.4. The van der Waals surface area contributed by atoms with Gasteiger partial charge in [-0.25, -0.2) is 13.1 Å². The Kier molecular flexibility index (Phi) is 4.42. The number of likely N-dealkylation sites (tertiary alicyclic amines) is 1. The smallest absolute Gasteiger partial charge is 0.208 e. The first-order valence-corrected chi connectivity index (χ1v) is 8.17. The fraction of sp³-hybridized carbons (Fsp3) is 0.667. The van der Waals surface area contributed by atoms with Gasteiger partial charge in [-0.15, -0.1) is 0 Å². The van der Waals surface area contributed by atoms with Crippen molar-refractivity contribution in [3.8, 4) is 0 Å². The Morgan fingerprint density at radius 2 is 2.11 bits per heavy atom. The van der Waals surface area contributed by atoms with Gasteiger partial charge in [0.15, 0.2) is 0 Å². The predicted octanol–water partition coefficient (Wildman–Crippen LogP) is 1.36. The van der Waals surface area contributed by atoms with Crippen molar-refractivity contribution in [2.24, 2.45) is 0 Å². The van der Waals surface area contributed by atoms with Gasteiger partial charge >= 0.3 is 0 Å². The van der Waals surface area contributed by atoms with Crippen molar-refractivity contribution in [1.29, 1.82) is 0 Å². The lowest BCUT2D eigenvalue weighted by molar-refractivity contribution is 0.147. The zero-order valence-electron chi connectivity index (χ0n) is 10.6. The molecule has 0 aromatic carbocycles. The summed E-state index contributed by atoms with van der Waals surface area (Å²) in [5.74, 6) is 0.827. The highest BCUT2D eigenvalue weighted by molar-refractivity contribution is 7.88. The minimum Gasteiger partial charge on any atom is -0.468 e. The number of hydrogen-bond acceptors (Lipinski definition) is 4. The average molecular weight is 272 g/mol. The summed E-state index contributed by atoms with van der Waals surface area (Å²) >= 11 is 0. The Hall–Kier alpha value is -0.850. The molecule has 0 amide bonds. The molecule has 1 saturated heterocycles. The number of sulfonamides is 1. The van der Waals surface area contributed by atoms with Crippen LogP contribution in [0, 0.1) is 0 Å². The van der Waals surface area contributed by atoms with E-state index in [4.69, 9.17) is 4.42 Å². The maximum Gasteiger partial charge on any atom is 0.208 e. The summed E-state index contributed by atoms with van der Waals surface area (Å²) < 4.78 is 30.5. The summed E-state index contributed by atoms with van der Waals surface area (Å²) in [6, 6.07) is 3.74. The second-order valence-corrected chi connectivity index (χ2v) is 6.58. The Balaban J connectivity index is 2.07. The third kappa shape index (κ3) is 3.83. The lowest BCUT2D eigenvalue weighted by Crippen LogP contribution is -2.40. The minimum atomic E-state index is -3.17. The standard InChI is InChI=1S/C12H20N2O3S/c1-18(15,16)13-10-11(12-6-5-9-17-12)14-7-3-2-4-8-14/h5-6,9,11,13H,2-4,7-8,10H2,1H3/t11-/m1/s1. The van der Waals surface area contributed by atoms with E-state index in [9.17, 15) is 8.42 Å². The quantitative estimate of drug-likeness (QED) is 0.879. The molecule has 2 rings (SSSR count). The van der Waals surface area contributed by atoms with Gasteiger partial charge in [-0.3, -0.25) is 4.90 Å². The van der Waals surface area contributed by atoms with E-state index in [2.05, 4.69) is 9.62 Å². The van der Waals surface area contributed by atoms with Crippen LogP contribution in [0.1, 0.15) is 31.1 Å². The fourth-order valence-corrected chi connectivity index (χ4v) is 2.81. The van der Waals surface area contributed by atoms with Crippen molar-refractivity contribution in [1.82, 2.24) is 9.62 Å². The van der Waals surface area contributed by atoms with Crippen LogP contribution in [0.25, 0.3) is 0 Å². The molecule has 5 nitrogen and oxygen atoms in total. The van der Waals surface area contributed by atoms with Gasteiger partial charge in [0.2, 0.25) is 10.0 Å². The minimum absolute atomic E-state index is 0.00461. The molecule has 0 bridgehead atoms. The molecule has 0 radical (unpaired) electrons. The highest BCUT2D eigenvalue weighted by atomic mass is 32.2. The van der Waals surface area contributed by atoms with E-state index in [1.807, 2.05) is 12.1 Å². The number of nitrogens with one attached hydrogen (secondary N) is 1. The molecule has 1 aliphatic heterocycles. The molecule has 0 saturated carbocycles. The van der Waals surface area contributed by atoms with Gasteiger partial charge in [0.05, 0.1) is 18.6 Å². The lowest BCUT2D eigenvalue weighted by Gasteiger charge is -2.33. The first-order chi connectivity index (χ1) is 8.56. The van der Waals surface area contributed by atoms with Crippen LogP contribution in [0.2, 0.25) is 0 Å². The van der Waals surface area contributed by atoms with Gasteiger partial charge in [-0.05, 0) is 38.1 Å². The number of hydrogen-bond donors (Lipinski definition) is 1. The van der Waals surface area contributed by atoms with E-state index in [0.29, 0.717) is 6.54 Å². The van der Waals surface area contributed by atoms with E-state index in [-0.39, 0.29) is 6.04 Å². The van der Waals surface area contributed by atoms with Crippen molar-refractivity contribution in [2.45, 2.75) is 25.3 Å². The average Bonchev–Trinajstić information content (AvgIpc) is 2.83. The lowest BCUT2D eigenvalue weighted by atomic mass is 10.1. The van der Waals surface area contributed by atoms with Crippen molar-refractivity contribution in [2.75, 3.05) is 25.9 Å². The Morgan fingerprint density at radius 1 is 1.39 bits per heavy atom. The van der Waals surface area contributed by atoms with Crippen LogP contribution in [0.5, 0.6) is 0 Å². The summed E-state index contributed by atoms with van der Waals surface area (Å²) in [4.78, 5) is 2.29. The van der Waals surface area contributed by atoms with Gasteiger partial charge in [0.25, 0.3) is 0 Å². The highest BCUT2D eigenvalue weighted by Gasteiger charge is 2.25. The van der Waals surface area contributed by atoms with Crippen LogP contribution in [0.3, 0.4) is 0 Å². The topological polar surface area (TPSA) is 62.6 Å². The molecule has 0 aliphatic carbocycles. The van der Waals surface area contributed by atoms with Crippen LogP contribution < -0.4 is 4.72 Å². The first kappa shape index (κ1) is 13.6. The third-order valence-corrected chi connectivity index (χ3v) is 3.93. The zero-order chi connectivity index (χ0) is 13.0. The Bertz CT molecular complexity index is 450. The van der Waals surface area contributed by atoms with E-state index in [1.54, 1.807) is 6.26 Å². The molecule has 18 heavy (non-hydrogen) atoms. The summed E-state index contributed by atoms with van der Waals surface area (Å²) in [5, 5.41) is 0. The SMILES string of the molecule is CS(=O)(=O)NC[C@H](c1ccco1)N1CCCCC1. The van der Waals surface area contributed by atoms with Crippen LogP contribution in [0.4, 0.5) is 0 Å². The monoisotopic (exact) mass is 272 g/mol. The summed E-state index contributed by atoms with van der Waals surface area (Å²) in [6.45, 7) is 2.36. The number of nitrogens with zero attached hydrogens (tertiary/aromatic N) is 1. The molecule has 1 aromatic rings. The molecule has 102 valence electrons. The van der Waals surface area contributed by atoms with E-state index < -0.39 is 10.0 Å². The van der Waals surface area contributed by atoms with Crippen LogP contribution in [-0.4, -0.2) is 39.2 Å². The van der Waals surface area contributed by atoms with Crippen molar-refractivity contribution >= 4 is 10.0 Å². The molecule has 0 spiro atoms. The Labute approximate surface area is 108 Å². The van der Waals surface area contributed by atoms with E-state index in [1.165, 1.54) is 12.7 Å². The molecular formula is C12H20N2O3S. The number of furan rings is 1. The maximum absolute atomic E-state index is 11.2. The first-order valence-electron chi connectivity index (χ1n) is 6.28. The second-order valence-electron chi connectivity index (χ2n) is 4.75. The molecule has 6 heteroatoms. The third-order valence-electron chi connectivity index (χ3n) is 3.24. The molecule has 1 aromatic heterocycles. The fourth-order valence-electron chi connectivity index (χ4n) is 2.35. The largest absolute Gasteiger partial charge is 0.468 e. The van der Waals surface area contributed by atoms with Crippen molar-refractivity contribution in [3.63, 3.8) is 0 Å². The number of rotatable bonds is 5. The molecule has 0 unspecified atom stereocenters. The molecule has 2 heterocycles.